The first-order chi connectivity index (χ1) is 14.0. The first-order valence-electron chi connectivity index (χ1n) is 10.0. The van der Waals surface area contributed by atoms with Crippen molar-refractivity contribution >= 4 is 22.8 Å². The standard InChI is InChI=1S/C23H25N3O3/c1-26-21-12-5-4-11-18(21)19(25-26)14-22(27)24-20(23(28)29)13-16-9-6-8-15-7-2-3-10-17(15)16/h2-5,7,10-12,16,20H,6,8-9,13-14H2,1H3,(H,24,27)(H,28,29). The smallest absolute Gasteiger partial charge is 0.326 e. The molecule has 4 rings (SSSR count). The lowest BCUT2D eigenvalue weighted by atomic mass is 9.79. The van der Waals surface area contributed by atoms with Crippen LogP contribution in [0.5, 0.6) is 0 Å². The molecule has 1 aliphatic rings. The molecule has 0 bridgehead atoms. The number of hydrogen-bond acceptors (Lipinski definition) is 3. The van der Waals surface area contributed by atoms with Crippen molar-refractivity contribution in [1.29, 1.82) is 0 Å². The number of carboxylic acid groups (broad SMARTS) is 1. The van der Waals surface area contributed by atoms with Crippen LogP contribution in [0.1, 0.15) is 42.0 Å². The van der Waals surface area contributed by atoms with E-state index in [4.69, 9.17) is 0 Å². The molecule has 0 fully saturated rings. The third-order valence-electron chi connectivity index (χ3n) is 5.81. The highest BCUT2D eigenvalue weighted by Gasteiger charge is 2.28. The molecule has 1 heterocycles. The summed E-state index contributed by atoms with van der Waals surface area (Å²) in [6, 6.07) is 15.0. The highest BCUT2D eigenvalue weighted by Crippen LogP contribution is 2.34. The molecule has 29 heavy (non-hydrogen) atoms. The lowest BCUT2D eigenvalue weighted by molar-refractivity contribution is -0.142. The van der Waals surface area contributed by atoms with Gasteiger partial charge in [0.2, 0.25) is 5.91 Å². The second-order valence-electron chi connectivity index (χ2n) is 7.75. The highest BCUT2D eigenvalue weighted by atomic mass is 16.4. The van der Waals surface area contributed by atoms with Crippen LogP contribution >= 0.6 is 0 Å². The normalized spacial score (nSPS) is 16.9. The van der Waals surface area contributed by atoms with Crippen LogP contribution < -0.4 is 5.32 Å². The van der Waals surface area contributed by atoms with Crippen LogP contribution in [0, 0.1) is 0 Å². The lowest BCUT2D eigenvalue weighted by Crippen LogP contribution is -2.42. The summed E-state index contributed by atoms with van der Waals surface area (Å²) in [5, 5.41) is 17.8. The largest absolute Gasteiger partial charge is 0.480 e. The van der Waals surface area contributed by atoms with Crippen LogP contribution in [0.4, 0.5) is 0 Å². The van der Waals surface area contributed by atoms with E-state index >= 15 is 0 Å². The van der Waals surface area contributed by atoms with Gasteiger partial charge >= 0.3 is 5.97 Å². The molecule has 2 N–H and O–H groups in total. The molecule has 0 radical (unpaired) electrons. The van der Waals surface area contributed by atoms with Crippen LogP contribution in [0.3, 0.4) is 0 Å². The van der Waals surface area contributed by atoms with Crippen LogP contribution in [0.15, 0.2) is 48.5 Å². The van der Waals surface area contributed by atoms with Gasteiger partial charge in [0.1, 0.15) is 6.04 Å². The van der Waals surface area contributed by atoms with Gasteiger partial charge in [-0.25, -0.2) is 4.79 Å². The van der Waals surface area contributed by atoms with Crippen LogP contribution in [0.2, 0.25) is 0 Å². The van der Waals surface area contributed by atoms with Crippen molar-refractivity contribution < 1.29 is 14.7 Å². The second-order valence-corrected chi connectivity index (χ2v) is 7.75. The van der Waals surface area contributed by atoms with E-state index in [-0.39, 0.29) is 18.2 Å². The van der Waals surface area contributed by atoms with E-state index in [0.29, 0.717) is 12.1 Å². The fourth-order valence-corrected chi connectivity index (χ4v) is 4.42. The number of carboxylic acids is 1. The molecular weight excluding hydrogens is 366 g/mol. The molecule has 0 saturated heterocycles. The van der Waals surface area contributed by atoms with Gasteiger partial charge in [0.05, 0.1) is 17.6 Å². The molecule has 3 aromatic rings. The van der Waals surface area contributed by atoms with E-state index in [0.717, 1.165) is 30.2 Å². The number of rotatable bonds is 6. The number of amides is 1. The second kappa shape index (κ2) is 8.07. The van der Waals surface area contributed by atoms with Gasteiger partial charge in [0.25, 0.3) is 0 Å². The van der Waals surface area contributed by atoms with Gasteiger partial charge in [-0.3, -0.25) is 9.48 Å². The van der Waals surface area contributed by atoms with E-state index in [1.54, 1.807) is 4.68 Å². The quantitative estimate of drug-likeness (QED) is 0.676. The first kappa shape index (κ1) is 19.2. The number of fused-ring (bicyclic) bond motifs is 2. The minimum atomic E-state index is -0.993. The number of benzene rings is 2. The Labute approximate surface area is 169 Å². The maximum atomic E-state index is 12.6. The Morgan fingerprint density at radius 1 is 1.21 bits per heavy atom. The maximum Gasteiger partial charge on any atom is 0.326 e. The number of carbonyl (C=O) groups excluding carboxylic acids is 1. The Morgan fingerprint density at radius 3 is 2.79 bits per heavy atom. The molecule has 1 aromatic heterocycles. The fourth-order valence-electron chi connectivity index (χ4n) is 4.42. The number of para-hydroxylation sites is 1. The molecule has 0 saturated carbocycles. The molecule has 6 heteroatoms. The summed E-state index contributed by atoms with van der Waals surface area (Å²) in [7, 11) is 1.84. The molecular formula is C23H25N3O3. The predicted molar refractivity (Wildman–Crippen MR) is 111 cm³/mol. The van der Waals surface area contributed by atoms with Crippen LogP contribution in [0.25, 0.3) is 10.9 Å². The molecule has 2 unspecified atom stereocenters. The summed E-state index contributed by atoms with van der Waals surface area (Å²) < 4.78 is 1.74. The number of aromatic nitrogens is 2. The minimum Gasteiger partial charge on any atom is -0.480 e. The van der Waals surface area contributed by atoms with Gasteiger partial charge in [-0.05, 0) is 48.8 Å². The van der Waals surface area contributed by atoms with Crippen molar-refractivity contribution in [2.24, 2.45) is 7.05 Å². The summed E-state index contributed by atoms with van der Waals surface area (Å²) in [6.45, 7) is 0. The fraction of sp³-hybridized carbons (Fsp3) is 0.348. The lowest BCUT2D eigenvalue weighted by Gasteiger charge is -2.28. The third-order valence-corrected chi connectivity index (χ3v) is 5.81. The van der Waals surface area contributed by atoms with Gasteiger partial charge in [-0.2, -0.15) is 5.10 Å². The summed E-state index contributed by atoms with van der Waals surface area (Å²) in [5.74, 6) is -1.16. The summed E-state index contributed by atoms with van der Waals surface area (Å²) in [6.07, 6.45) is 3.49. The highest BCUT2D eigenvalue weighted by molar-refractivity contribution is 5.89. The van der Waals surface area contributed by atoms with Crippen LogP contribution in [-0.4, -0.2) is 32.8 Å². The Kier molecular flexibility index (Phi) is 5.34. The van der Waals surface area contributed by atoms with E-state index in [9.17, 15) is 14.7 Å². The molecule has 1 amide bonds. The van der Waals surface area contributed by atoms with Crippen molar-refractivity contribution in [3.63, 3.8) is 0 Å². The van der Waals surface area contributed by atoms with Gasteiger partial charge in [0, 0.05) is 12.4 Å². The van der Waals surface area contributed by atoms with Crippen molar-refractivity contribution in [1.82, 2.24) is 15.1 Å². The summed E-state index contributed by atoms with van der Waals surface area (Å²) >= 11 is 0. The Morgan fingerprint density at radius 2 is 1.97 bits per heavy atom. The van der Waals surface area contributed by atoms with Crippen LogP contribution in [-0.2, 0) is 29.5 Å². The molecule has 6 nitrogen and oxygen atoms in total. The molecule has 150 valence electrons. The van der Waals surface area contributed by atoms with Gasteiger partial charge < -0.3 is 10.4 Å². The van der Waals surface area contributed by atoms with E-state index < -0.39 is 12.0 Å². The average Bonchev–Trinajstić information content (AvgIpc) is 3.03. The van der Waals surface area contributed by atoms with E-state index in [1.807, 2.05) is 43.4 Å². The number of hydrogen-bond donors (Lipinski definition) is 2. The Balaban J connectivity index is 1.47. The molecule has 1 aliphatic carbocycles. The van der Waals surface area contributed by atoms with Gasteiger partial charge in [-0.1, -0.05) is 42.5 Å². The minimum absolute atomic E-state index is 0.0619. The Bertz CT molecular complexity index is 1060. The first-order valence-corrected chi connectivity index (χ1v) is 10.0. The van der Waals surface area contributed by atoms with Gasteiger partial charge in [-0.15, -0.1) is 0 Å². The maximum absolute atomic E-state index is 12.6. The third kappa shape index (κ3) is 4.01. The van der Waals surface area contributed by atoms with Crippen molar-refractivity contribution in [3.05, 3.63) is 65.4 Å². The zero-order valence-corrected chi connectivity index (χ0v) is 16.5. The SMILES string of the molecule is Cn1nc(CC(=O)NC(CC2CCCc3ccccc32)C(=O)O)c2ccccc21. The van der Waals surface area contributed by atoms with E-state index in [2.05, 4.69) is 22.5 Å². The predicted octanol–water partition coefficient (Wildman–Crippen LogP) is 3.20. The van der Waals surface area contributed by atoms with E-state index in [1.165, 1.54) is 11.1 Å². The number of aryl methyl sites for hydroxylation is 2. The molecule has 2 aromatic carbocycles. The number of aliphatic carboxylic acids is 1. The summed E-state index contributed by atoms with van der Waals surface area (Å²) in [4.78, 5) is 24.5. The average molecular weight is 391 g/mol. The summed E-state index contributed by atoms with van der Waals surface area (Å²) in [5.41, 5.74) is 4.12. The molecule has 0 aliphatic heterocycles. The number of nitrogens with zero attached hydrogens (tertiary/aromatic N) is 2. The van der Waals surface area contributed by atoms with Crippen molar-refractivity contribution in [2.45, 2.75) is 44.1 Å². The molecule has 2 atom stereocenters. The number of nitrogens with one attached hydrogen (secondary N) is 1. The monoisotopic (exact) mass is 391 g/mol. The number of carbonyl (C=O) groups is 2. The Hall–Kier alpha value is -3.15. The zero-order chi connectivity index (χ0) is 20.4. The zero-order valence-electron chi connectivity index (χ0n) is 16.5. The molecule has 0 spiro atoms. The van der Waals surface area contributed by atoms with Crippen molar-refractivity contribution in [2.75, 3.05) is 0 Å². The van der Waals surface area contributed by atoms with Crippen molar-refractivity contribution in [3.8, 4) is 0 Å². The van der Waals surface area contributed by atoms with Gasteiger partial charge in [0.15, 0.2) is 0 Å². The topological polar surface area (TPSA) is 84.2 Å².